The van der Waals surface area contributed by atoms with Gasteiger partial charge in [0.15, 0.2) is 0 Å². The number of hydrogen-bond acceptors (Lipinski definition) is 4. The number of carbonyl (C=O) groups excluding carboxylic acids is 1. The van der Waals surface area contributed by atoms with Crippen molar-refractivity contribution in [2.24, 2.45) is 5.92 Å². The lowest BCUT2D eigenvalue weighted by Crippen LogP contribution is -2.47. The summed E-state index contributed by atoms with van der Waals surface area (Å²) in [5.74, 6) is -2.09. The van der Waals surface area contributed by atoms with Crippen molar-refractivity contribution in [1.29, 1.82) is 0 Å². The Labute approximate surface area is 83.7 Å². The molecule has 0 amide bonds. The lowest BCUT2D eigenvalue weighted by molar-refractivity contribution is -0.156. The molecule has 2 aliphatic rings. The molecule has 0 spiro atoms. The SMILES string of the molecule is COC(=O)[C@@H]1CO[C@H]2C(C(F)(F)F)[C@H]2N1. The molecule has 1 saturated heterocycles. The monoisotopic (exact) mass is 225 g/mol. The molecule has 1 aliphatic heterocycles. The Kier molecular flexibility index (Phi) is 2.38. The van der Waals surface area contributed by atoms with E-state index in [0.717, 1.165) is 0 Å². The quantitative estimate of drug-likeness (QED) is 0.642. The largest absolute Gasteiger partial charge is 0.468 e. The number of methoxy groups -OCH3 is 1. The number of morpholine rings is 1. The Balaban J connectivity index is 1.95. The maximum atomic E-state index is 12.3. The van der Waals surface area contributed by atoms with Crippen molar-refractivity contribution in [1.82, 2.24) is 5.32 Å². The van der Waals surface area contributed by atoms with Crippen molar-refractivity contribution in [3.8, 4) is 0 Å². The second-order valence-corrected chi connectivity index (χ2v) is 3.63. The number of hydrogen-bond donors (Lipinski definition) is 1. The standard InChI is InChI=1S/C8H10F3NO3/c1-14-7(13)3-2-15-6-4(5(6)12-3)8(9,10)11/h3-6,12H,2H2,1H3/t3-,4?,5+,6-/m0/s1. The minimum atomic E-state index is -4.27. The van der Waals surface area contributed by atoms with Gasteiger partial charge < -0.3 is 9.47 Å². The van der Waals surface area contributed by atoms with E-state index in [4.69, 9.17) is 4.74 Å². The van der Waals surface area contributed by atoms with Gasteiger partial charge >= 0.3 is 12.1 Å². The first-order chi connectivity index (χ1) is 6.95. The second-order valence-electron chi connectivity index (χ2n) is 3.63. The molecule has 1 heterocycles. The third-order valence-electron chi connectivity index (χ3n) is 2.67. The maximum Gasteiger partial charge on any atom is 0.395 e. The molecule has 1 unspecified atom stereocenters. The van der Waals surface area contributed by atoms with Gasteiger partial charge in [-0.1, -0.05) is 0 Å². The van der Waals surface area contributed by atoms with Crippen LogP contribution in [0.1, 0.15) is 0 Å². The van der Waals surface area contributed by atoms with E-state index in [9.17, 15) is 18.0 Å². The fourth-order valence-corrected chi connectivity index (χ4v) is 1.84. The van der Waals surface area contributed by atoms with Crippen LogP contribution in [0.15, 0.2) is 0 Å². The Bertz CT molecular complexity index is 281. The van der Waals surface area contributed by atoms with Crippen LogP contribution in [-0.2, 0) is 14.3 Å². The third-order valence-corrected chi connectivity index (χ3v) is 2.67. The number of ether oxygens (including phenoxy) is 2. The van der Waals surface area contributed by atoms with Crippen molar-refractivity contribution in [2.75, 3.05) is 13.7 Å². The highest BCUT2D eigenvalue weighted by Crippen LogP contribution is 2.48. The highest BCUT2D eigenvalue weighted by atomic mass is 19.4. The molecule has 0 aromatic heterocycles. The predicted octanol–water partition coefficient (Wildman–Crippen LogP) is 0.0771. The smallest absolute Gasteiger partial charge is 0.395 e. The fraction of sp³-hybridized carbons (Fsp3) is 0.875. The van der Waals surface area contributed by atoms with Gasteiger partial charge in [-0.2, -0.15) is 13.2 Å². The van der Waals surface area contributed by atoms with Crippen molar-refractivity contribution in [3.05, 3.63) is 0 Å². The van der Waals surface area contributed by atoms with Crippen LogP contribution in [0.3, 0.4) is 0 Å². The first kappa shape index (κ1) is 10.7. The van der Waals surface area contributed by atoms with Crippen molar-refractivity contribution in [3.63, 3.8) is 0 Å². The molecule has 2 fully saturated rings. The molecule has 15 heavy (non-hydrogen) atoms. The normalized spacial score (nSPS) is 39.5. The molecule has 4 atom stereocenters. The van der Waals surface area contributed by atoms with Crippen LogP contribution in [0.2, 0.25) is 0 Å². The van der Waals surface area contributed by atoms with Crippen molar-refractivity contribution < 1.29 is 27.4 Å². The van der Waals surface area contributed by atoms with E-state index in [1.807, 2.05) is 0 Å². The summed E-state index contributed by atoms with van der Waals surface area (Å²) in [5, 5.41) is 2.58. The Morgan fingerprint density at radius 3 is 2.73 bits per heavy atom. The number of rotatable bonds is 1. The van der Waals surface area contributed by atoms with E-state index >= 15 is 0 Å². The van der Waals surface area contributed by atoms with E-state index < -0.39 is 36.3 Å². The molecular formula is C8H10F3NO3. The minimum absolute atomic E-state index is 0.0690. The molecule has 7 heteroatoms. The zero-order valence-electron chi connectivity index (χ0n) is 7.88. The number of esters is 1. The van der Waals surface area contributed by atoms with Gasteiger partial charge in [0, 0.05) is 6.04 Å². The maximum absolute atomic E-state index is 12.3. The van der Waals surface area contributed by atoms with Gasteiger partial charge in [0.1, 0.15) is 12.0 Å². The summed E-state index contributed by atoms with van der Waals surface area (Å²) in [4.78, 5) is 11.0. The highest BCUT2D eigenvalue weighted by molar-refractivity contribution is 5.76. The molecule has 86 valence electrons. The van der Waals surface area contributed by atoms with Crippen LogP contribution in [0.4, 0.5) is 13.2 Å². The lowest BCUT2D eigenvalue weighted by Gasteiger charge is -2.20. The van der Waals surface area contributed by atoms with Gasteiger partial charge in [-0.15, -0.1) is 0 Å². The number of carbonyl (C=O) groups is 1. The van der Waals surface area contributed by atoms with Crippen LogP contribution in [-0.4, -0.2) is 44.0 Å². The minimum Gasteiger partial charge on any atom is -0.468 e. The summed E-state index contributed by atoms with van der Waals surface area (Å²) in [5.41, 5.74) is 0. The van der Waals surface area contributed by atoms with E-state index in [1.54, 1.807) is 0 Å². The summed E-state index contributed by atoms with van der Waals surface area (Å²) in [6, 6.07) is -1.59. The van der Waals surface area contributed by atoms with E-state index in [0.29, 0.717) is 0 Å². The van der Waals surface area contributed by atoms with Gasteiger partial charge in [-0.05, 0) is 0 Å². The van der Waals surface area contributed by atoms with Crippen molar-refractivity contribution in [2.45, 2.75) is 24.4 Å². The summed E-state index contributed by atoms with van der Waals surface area (Å²) < 4.78 is 46.3. The second kappa shape index (κ2) is 3.34. The number of halogens is 3. The molecular weight excluding hydrogens is 215 g/mol. The molecule has 0 radical (unpaired) electrons. The number of fused-ring (bicyclic) bond motifs is 1. The first-order valence-corrected chi connectivity index (χ1v) is 4.47. The Morgan fingerprint density at radius 2 is 2.20 bits per heavy atom. The predicted molar refractivity (Wildman–Crippen MR) is 42.0 cm³/mol. The summed E-state index contributed by atoms with van der Waals surface area (Å²) in [6.07, 6.45) is -5.11. The van der Waals surface area contributed by atoms with Gasteiger partial charge in [0.05, 0.1) is 19.8 Å². The third kappa shape index (κ3) is 1.81. The van der Waals surface area contributed by atoms with Crippen LogP contribution in [0, 0.1) is 5.92 Å². The fourth-order valence-electron chi connectivity index (χ4n) is 1.84. The van der Waals surface area contributed by atoms with Gasteiger partial charge in [0.25, 0.3) is 0 Å². The molecule has 1 saturated carbocycles. The summed E-state index contributed by atoms with van der Waals surface area (Å²) >= 11 is 0. The van der Waals surface area contributed by atoms with Crippen LogP contribution >= 0.6 is 0 Å². The van der Waals surface area contributed by atoms with E-state index in [1.165, 1.54) is 7.11 Å². The molecule has 0 aromatic carbocycles. The molecule has 1 aliphatic carbocycles. The molecule has 1 N–H and O–H groups in total. The molecule has 0 bridgehead atoms. The molecule has 4 nitrogen and oxygen atoms in total. The molecule has 2 rings (SSSR count). The summed E-state index contributed by atoms with van der Waals surface area (Å²) in [7, 11) is 1.18. The zero-order valence-corrected chi connectivity index (χ0v) is 7.88. The van der Waals surface area contributed by atoms with Crippen molar-refractivity contribution >= 4 is 5.97 Å². The number of nitrogens with one attached hydrogen (secondary N) is 1. The average Bonchev–Trinajstić information content (AvgIpc) is 2.88. The average molecular weight is 225 g/mol. The van der Waals surface area contributed by atoms with Gasteiger partial charge in [0.2, 0.25) is 0 Å². The molecule has 0 aromatic rings. The van der Waals surface area contributed by atoms with Crippen LogP contribution in [0.5, 0.6) is 0 Å². The lowest BCUT2D eigenvalue weighted by atomic mass is 10.3. The van der Waals surface area contributed by atoms with Gasteiger partial charge in [-0.25, -0.2) is 0 Å². The topological polar surface area (TPSA) is 47.6 Å². The Hall–Kier alpha value is -0.820. The first-order valence-electron chi connectivity index (χ1n) is 4.47. The summed E-state index contributed by atoms with van der Waals surface area (Å²) in [6.45, 7) is -0.0690. The zero-order chi connectivity index (χ0) is 11.2. The van der Waals surface area contributed by atoms with Crippen LogP contribution < -0.4 is 5.32 Å². The van der Waals surface area contributed by atoms with E-state index in [-0.39, 0.29) is 6.61 Å². The highest BCUT2D eigenvalue weighted by Gasteiger charge is 2.67. The van der Waals surface area contributed by atoms with E-state index in [2.05, 4.69) is 10.1 Å². The van der Waals surface area contributed by atoms with Crippen LogP contribution in [0.25, 0.3) is 0 Å². The number of alkyl halides is 3. The Morgan fingerprint density at radius 1 is 1.53 bits per heavy atom. The van der Waals surface area contributed by atoms with Gasteiger partial charge in [-0.3, -0.25) is 10.1 Å².